The standard InChI is InChI=1S/C12H16O/c1-9(13)11-8-12(11,2)10-6-4-3-5-7-10/h3-7,9,11,13H,8H2,1-2H3. The Labute approximate surface area is 79.4 Å². The van der Waals surface area contributed by atoms with Crippen LogP contribution in [0.15, 0.2) is 30.3 Å². The lowest BCUT2D eigenvalue weighted by Crippen LogP contribution is -2.13. The molecule has 13 heavy (non-hydrogen) atoms. The Kier molecular flexibility index (Phi) is 1.92. The van der Waals surface area contributed by atoms with Crippen LogP contribution in [0.3, 0.4) is 0 Å². The molecule has 0 heterocycles. The van der Waals surface area contributed by atoms with Crippen LogP contribution in [-0.2, 0) is 5.41 Å². The van der Waals surface area contributed by atoms with Gasteiger partial charge in [-0.15, -0.1) is 0 Å². The minimum atomic E-state index is -0.176. The highest BCUT2D eigenvalue weighted by molar-refractivity contribution is 5.32. The second-order valence-electron chi connectivity index (χ2n) is 4.33. The fourth-order valence-corrected chi connectivity index (χ4v) is 2.25. The summed E-state index contributed by atoms with van der Waals surface area (Å²) < 4.78 is 0. The Morgan fingerprint density at radius 1 is 1.38 bits per heavy atom. The van der Waals surface area contributed by atoms with E-state index in [1.807, 2.05) is 13.0 Å². The highest BCUT2D eigenvalue weighted by Crippen LogP contribution is 2.55. The number of hydrogen-bond acceptors (Lipinski definition) is 1. The van der Waals surface area contributed by atoms with E-state index in [1.54, 1.807) is 0 Å². The van der Waals surface area contributed by atoms with Gasteiger partial charge in [-0.2, -0.15) is 0 Å². The molecule has 3 atom stereocenters. The van der Waals surface area contributed by atoms with Gasteiger partial charge in [0.2, 0.25) is 0 Å². The highest BCUT2D eigenvalue weighted by Gasteiger charge is 2.53. The molecular weight excluding hydrogens is 160 g/mol. The molecule has 1 N–H and O–H groups in total. The third kappa shape index (κ3) is 1.37. The zero-order valence-corrected chi connectivity index (χ0v) is 8.20. The van der Waals surface area contributed by atoms with E-state index in [9.17, 15) is 5.11 Å². The lowest BCUT2D eigenvalue weighted by atomic mass is 9.94. The molecule has 1 saturated carbocycles. The third-order valence-electron chi connectivity index (χ3n) is 3.32. The van der Waals surface area contributed by atoms with Gasteiger partial charge in [0, 0.05) is 0 Å². The summed E-state index contributed by atoms with van der Waals surface area (Å²) in [5.74, 6) is 0.454. The first-order valence-corrected chi connectivity index (χ1v) is 4.88. The first-order valence-electron chi connectivity index (χ1n) is 4.88. The summed E-state index contributed by atoms with van der Waals surface area (Å²) in [5.41, 5.74) is 1.59. The molecule has 1 aromatic carbocycles. The van der Waals surface area contributed by atoms with Crippen molar-refractivity contribution in [2.24, 2.45) is 5.92 Å². The monoisotopic (exact) mass is 176 g/mol. The number of benzene rings is 1. The molecule has 0 radical (unpaired) electrons. The van der Waals surface area contributed by atoms with Crippen molar-refractivity contribution in [3.63, 3.8) is 0 Å². The third-order valence-corrected chi connectivity index (χ3v) is 3.32. The van der Waals surface area contributed by atoms with Gasteiger partial charge in [-0.05, 0) is 30.2 Å². The van der Waals surface area contributed by atoms with E-state index < -0.39 is 0 Å². The molecule has 0 bridgehead atoms. The zero-order valence-electron chi connectivity index (χ0n) is 8.20. The normalized spacial score (nSPS) is 34.2. The fraction of sp³-hybridized carbons (Fsp3) is 0.500. The van der Waals surface area contributed by atoms with E-state index in [0.29, 0.717) is 5.92 Å². The summed E-state index contributed by atoms with van der Waals surface area (Å²) in [6.45, 7) is 4.12. The van der Waals surface area contributed by atoms with Crippen LogP contribution < -0.4 is 0 Å². The average Bonchev–Trinajstić information content (AvgIpc) is 2.82. The van der Waals surface area contributed by atoms with Gasteiger partial charge in [-0.3, -0.25) is 0 Å². The number of rotatable bonds is 2. The Balaban J connectivity index is 2.21. The predicted molar refractivity (Wildman–Crippen MR) is 53.6 cm³/mol. The molecule has 0 aromatic heterocycles. The number of aliphatic hydroxyl groups is 1. The van der Waals surface area contributed by atoms with E-state index in [1.165, 1.54) is 5.56 Å². The summed E-state index contributed by atoms with van der Waals surface area (Å²) in [7, 11) is 0. The maximum absolute atomic E-state index is 9.49. The van der Waals surface area contributed by atoms with Crippen molar-refractivity contribution in [2.45, 2.75) is 31.8 Å². The van der Waals surface area contributed by atoms with Crippen molar-refractivity contribution < 1.29 is 5.11 Å². The molecule has 0 spiro atoms. The Morgan fingerprint density at radius 3 is 2.46 bits per heavy atom. The molecule has 1 fully saturated rings. The van der Waals surface area contributed by atoms with Gasteiger partial charge in [0.1, 0.15) is 0 Å². The molecule has 2 rings (SSSR count). The van der Waals surface area contributed by atoms with Crippen LogP contribution in [0.2, 0.25) is 0 Å². The second-order valence-corrected chi connectivity index (χ2v) is 4.33. The molecule has 1 aliphatic carbocycles. The first-order chi connectivity index (χ1) is 6.14. The Bertz CT molecular complexity index is 291. The predicted octanol–water partition coefficient (Wildman–Crippen LogP) is 2.35. The van der Waals surface area contributed by atoms with Crippen molar-refractivity contribution in [1.82, 2.24) is 0 Å². The van der Waals surface area contributed by atoms with Crippen LogP contribution in [0.4, 0.5) is 0 Å². The SMILES string of the molecule is CC(O)C1CC1(C)c1ccccc1. The lowest BCUT2D eigenvalue weighted by molar-refractivity contribution is 0.162. The van der Waals surface area contributed by atoms with Gasteiger partial charge >= 0.3 is 0 Å². The van der Waals surface area contributed by atoms with Gasteiger partial charge in [0.05, 0.1) is 6.10 Å². The van der Waals surface area contributed by atoms with E-state index in [4.69, 9.17) is 0 Å². The summed E-state index contributed by atoms with van der Waals surface area (Å²) >= 11 is 0. The first kappa shape index (κ1) is 8.76. The van der Waals surface area contributed by atoms with Gasteiger partial charge in [-0.25, -0.2) is 0 Å². The number of aliphatic hydroxyl groups excluding tert-OH is 1. The molecule has 1 aliphatic rings. The van der Waals surface area contributed by atoms with E-state index in [2.05, 4.69) is 31.2 Å². The molecule has 0 aliphatic heterocycles. The second kappa shape index (κ2) is 2.85. The molecule has 1 nitrogen and oxygen atoms in total. The van der Waals surface area contributed by atoms with Crippen LogP contribution in [0.1, 0.15) is 25.8 Å². The average molecular weight is 176 g/mol. The van der Waals surface area contributed by atoms with Crippen molar-refractivity contribution >= 4 is 0 Å². The van der Waals surface area contributed by atoms with Crippen LogP contribution >= 0.6 is 0 Å². The summed E-state index contributed by atoms with van der Waals surface area (Å²) in [6, 6.07) is 10.5. The van der Waals surface area contributed by atoms with Crippen molar-refractivity contribution in [2.75, 3.05) is 0 Å². The largest absolute Gasteiger partial charge is 0.393 e. The minimum Gasteiger partial charge on any atom is -0.393 e. The van der Waals surface area contributed by atoms with Crippen molar-refractivity contribution in [3.8, 4) is 0 Å². The van der Waals surface area contributed by atoms with E-state index in [-0.39, 0.29) is 11.5 Å². The maximum Gasteiger partial charge on any atom is 0.0549 e. The molecule has 0 amide bonds. The minimum absolute atomic E-state index is 0.176. The Morgan fingerprint density at radius 2 is 2.00 bits per heavy atom. The van der Waals surface area contributed by atoms with E-state index in [0.717, 1.165) is 6.42 Å². The summed E-state index contributed by atoms with van der Waals surface area (Å²) in [5, 5.41) is 9.49. The van der Waals surface area contributed by atoms with Gasteiger partial charge in [-0.1, -0.05) is 37.3 Å². The van der Waals surface area contributed by atoms with Crippen LogP contribution in [-0.4, -0.2) is 11.2 Å². The quantitative estimate of drug-likeness (QED) is 0.733. The van der Waals surface area contributed by atoms with Crippen molar-refractivity contribution in [3.05, 3.63) is 35.9 Å². The summed E-state index contributed by atoms with van der Waals surface area (Å²) in [6.07, 6.45) is 0.944. The maximum atomic E-state index is 9.49. The molecule has 1 aromatic rings. The topological polar surface area (TPSA) is 20.2 Å². The summed E-state index contributed by atoms with van der Waals surface area (Å²) in [4.78, 5) is 0. The molecule has 0 saturated heterocycles. The highest BCUT2D eigenvalue weighted by atomic mass is 16.3. The smallest absolute Gasteiger partial charge is 0.0549 e. The van der Waals surface area contributed by atoms with Crippen molar-refractivity contribution in [1.29, 1.82) is 0 Å². The molecular formula is C12H16O. The molecule has 3 unspecified atom stereocenters. The molecule has 1 heteroatoms. The van der Waals surface area contributed by atoms with Crippen LogP contribution in [0.5, 0.6) is 0 Å². The Hall–Kier alpha value is -0.820. The van der Waals surface area contributed by atoms with Gasteiger partial charge < -0.3 is 5.11 Å². The van der Waals surface area contributed by atoms with Crippen LogP contribution in [0, 0.1) is 5.92 Å². The lowest BCUT2D eigenvalue weighted by Gasteiger charge is -2.12. The van der Waals surface area contributed by atoms with Gasteiger partial charge in [0.25, 0.3) is 0 Å². The van der Waals surface area contributed by atoms with Gasteiger partial charge in [0.15, 0.2) is 0 Å². The van der Waals surface area contributed by atoms with E-state index >= 15 is 0 Å². The zero-order chi connectivity index (χ0) is 9.47. The molecule has 70 valence electrons. The fourth-order valence-electron chi connectivity index (χ4n) is 2.25. The number of hydrogen-bond donors (Lipinski definition) is 1. The van der Waals surface area contributed by atoms with Crippen LogP contribution in [0.25, 0.3) is 0 Å².